The predicted octanol–water partition coefficient (Wildman–Crippen LogP) is 4.98. The second kappa shape index (κ2) is 9.99. The highest BCUT2D eigenvalue weighted by molar-refractivity contribution is 6.56. The summed E-state index contributed by atoms with van der Waals surface area (Å²) in [6, 6.07) is 13.9. The summed E-state index contributed by atoms with van der Waals surface area (Å²) in [5.74, 6) is -1.12. The number of carboxylic acids is 1. The number of carboxylic acid groups (broad SMARTS) is 1. The molecule has 3 rings (SSSR count). The Labute approximate surface area is 198 Å². The van der Waals surface area contributed by atoms with Crippen LogP contribution in [0.25, 0.3) is 6.08 Å². The van der Waals surface area contributed by atoms with Crippen LogP contribution in [0, 0.1) is 0 Å². The molecule has 0 atom stereocenters. The van der Waals surface area contributed by atoms with Crippen molar-refractivity contribution in [2.75, 3.05) is 6.54 Å². The number of halogens is 1. The summed E-state index contributed by atoms with van der Waals surface area (Å²) < 4.78 is 17.5. The van der Waals surface area contributed by atoms with E-state index in [0.717, 1.165) is 5.56 Å². The molecule has 1 aliphatic rings. The molecule has 0 aliphatic carbocycles. The Balaban J connectivity index is 1.82. The summed E-state index contributed by atoms with van der Waals surface area (Å²) in [6.45, 7) is 7.82. The van der Waals surface area contributed by atoms with E-state index < -0.39 is 30.4 Å². The summed E-state index contributed by atoms with van der Waals surface area (Å²) in [5.41, 5.74) is 0.622. The molecule has 0 spiro atoms. The van der Waals surface area contributed by atoms with E-state index in [9.17, 15) is 14.7 Å². The van der Waals surface area contributed by atoms with Crippen LogP contribution in [0.3, 0.4) is 0 Å². The number of alkyl carbamates (subject to hydrolysis) is 1. The molecule has 0 radical (unpaired) electrons. The first-order valence-corrected chi connectivity index (χ1v) is 10.9. The fourth-order valence-corrected chi connectivity index (χ4v) is 3.36. The van der Waals surface area contributed by atoms with Crippen LogP contribution in [-0.4, -0.2) is 42.0 Å². The Bertz CT molecular complexity index is 1040. The fraction of sp³-hybridized carbons (Fsp3) is 0.333. The Morgan fingerprint density at radius 3 is 2.33 bits per heavy atom. The van der Waals surface area contributed by atoms with Crippen molar-refractivity contribution in [3.63, 3.8) is 0 Å². The molecule has 7 nitrogen and oxygen atoms in total. The number of rotatable bonds is 7. The molecule has 1 amide bonds. The highest BCUT2D eigenvalue weighted by Crippen LogP contribution is 2.39. The molecular formula is C24H27BClNO6. The molecule has 0 unspecified atom stereocenters. The van der Waals surface area contributed by atoms with Crippen molar-refractivity contribution in [3.8, 4) is 0 Å². The normalized spacial score (nSPS) is 17.0. The van der Waals surface area contributed by atoms with E-state index >= 15 is 0 Å². The first kappa shape index (κ1) is 24.8. The highest BCUT2D eigenvalue weighted by Gasteiger charge is 2.52. The van der Waals surface area contributed by atoms with Gasteiger partial charge in [-0.15, -0.1) is 0 Å². The minimum absolute atomic E-state index is 0.0307. The maximum atomic E-state index is 12.3. The topological polar surface area (TPSA) is 94.1 Å². The van der Waals surface area contributed by atoms with Gasteiger partial charge in [-0.1, -0.05) is 54.1 Å². The minimum Gasteiger partial charge on any atom is -0.478 e. The van der Waals surface area contributed by atoms with E-state index in [1.54, 1.807) is 18.2 Å². The summed E-state index contributed by atoms with van der Waals surface area (Å²) in [7, 11) is -0.790. The number of nitrogens with one attached hydrogen (secondary N) is 1. The van der Waals surface area contributed by atoms with E-state index in [-0.39, 0.29) is 18.7 Å². The lowest BCUT2D eigenvalue weighted by Crippen LogP contribution is -2.41. The first-order valence-electron chi connectivity index (χ1n) is 10.5. The van der Waals surface area contributed by atoms with E-state index in [1.807, 2.05) is 58.0 Å². The number of carbonyl (C=O) groups is 2. The zero-order chi connectivity index (χ0) is 24.2. The number of hydrogen-bond acceptors (Lipinski definition) is 5. The lowest BCUT2D eigenvalue weighted by molar-refractivity contribution is 0.00578. The van der Waals surface area contributed by atoms with Crippen molar-refractivity contribution in [3.05, 3.63) is 75.7 Å². The van der Waals surface area contributed by atoms with Gasteiger partial charge in [0.2, 0.25) is 0 Å². The standard InChI is InChI=1S/C24H27BClNO6/c1-23(2)24(3,4)33-25(32-23)18(12-17-10-11-19(26)13-20(17)21(28)29)14-27-22(30)31-15-16-8-6-5-7-9-16/h5-13H,14-15H2,1-4H3,(H,27,30)(H,28,29). The van der Waals surface area contributed by atoms with E-state index in [4.69, 9.17) is 25.6 Å². The second-order valence-corrected chi connectivity index (χ2v) is 9.20. The number of ether oxygens (including phenoxy) is 1. The van der Waals surface area contributed by atoms with Crippen LogP contribution in [0.2, 0.25) is 5.02 Å². The van der Waals surface area contributed by atoms with Crippen molar-refractivity contribution >= 4 is 36.9 Å². The molecule has 2 aromatic carbocycles. The SMILES string of the molecule is CC1(C)OB(C(=Cc2ccc(Cl)cc2C(=O)O)CNC(=O)OCc2ccccc2)OC1(C)C. The number of aromatic carboxylic acids is 1. The fourth-order valence-electron chi connectivity index (χ4n) is 3.18. The number of hydrogen-bond donors (Lipinski definition) is 2. The van der Waals surface area contributed by atoms with Crippen LogP contribution in [-0.2, 0) is 20.7 Å². The molecule has 9 heteroatoms. The Kier molecular flexibility index (Phi) is 7.52. The van der Waals surface area contributed by atoms with Gasteiger partial charge in [-0.2, -0.15) is 0 Å². The van der Waals surface area contributed by atoms with Crippen LogP contribution < -0.4 is 5.32 Å². The smallest absolute Gasteiger partial charge is 0.478 e. The average molecular weight is 472 g/mol. The Morgan fingerprint density at radius 2 is 1.73 bits per heavy atom. The van der Waals surface area contributed by atoms with Crippen LogP contribution >= 0.6 is 11.6 Å². The molecule has 1 saturated heterocycles. The number of amides is 1. The van der Waals surface area contributed by atoms with Gasteiger partial charge in [-0.3, -0.25) is 0 Å². The lowest BCUT2D eigenvalue weighted by atomic mass is 9.76. The number of carbonyl (C=O) groups excluding carboxylic acids is 1. The zero-order valence-corrected chi connectivity index (χ0v) is 19.8. The first-order chi connectivity index (χ1) is 15.5. The average Bonchev–Trinajstić information content (AvgIpc) is 2.97. The highest BCUT2D eigenvalue weighted by atomic mass is 35.5. The van der Waals surface area contributed by atoms with Crippen molar-refractivity contribution in [2.45, 2.75) is 45.5 Å². The van der Waals surface area contributed by atoms with Crippen molar-refractivity contribution in [1.29, 1.82) is 0 Å². The van der Waals surface area contributed by atoms with Gasteiger partial charge in [0.1, 0.15) is 6.61 Å². The number of benzene rings is 2. The van der Waals surface area contributed by atoms with E-state index in [0.29, 0.717) is 16.1 Å². The maximum absolute atomic E-state index is 12.3. The van der Waals surface area contributed by atoms with E-state index in [2.05, 4.69) is 5.32 Å². The van der Waals surface area contributed by atoms with Crippen LogP contribution in [0.4, 0.5) is 4.79 Å². The van der Waals surface area contributed by atoms with E-state index in [1.165, 1.54) is 6.07 Å². The van der Waals surface area contributed by atoms with Gasteiger partial charge in [-0.25, -0.2) is 9.59 Å². The predicted molar refractivity (Wildman–Crippen MR) is 127 cm³/mol. The molecule has 0 saturated carbocycles. The quantitative estimate of drug-likeness (QED) is 0.553. The molecule has 1 fully saturated rings. The third kappa shape index (κ3) is 6.16. The summed E-state index contributed by atoms with van der Waals surface area (Å²) >= 11 is 5.98. The largest absolute Gasteiger partial charge is 0.492 e. The third-order valence-electron chi connectivity index (χ3n) is 5.79. The second-order valence-electron chi connectivity index (χ2n) is 8.76. The molecule has 2 N–H and O–H groups in total. The van der Waals surface area contributed by atoms with Crippen LogP contribution in [0.15, 0.2) is 54.0 Å². The minimum atomic E-state index is -1.12. The van der Waals surface area contributed by atoms with Gasteiger partial charge in [0.15, 0.2) is 0 Å². The van der Waals surface area contributed by atoms with Gasteiger partial charge in [-0.05, 0) is 56.4 Å². The van der Waals surface area contributed by atoms with Crippen LogP contribution in [0.1, 0.15) is 49.2 Å². The van der Waals surface area contributed by atoms with Crippen molar-refractivity contribution in [2.24, 2.45) is 0 Å². The van der Waals surface area contributed by atoms with Gasteiger partial charge >= 0.3 is 19.2 Å². The lowest BCUT2D eigenvalue weighted by Gasteiger charge is -2.32. The molecule has 0 aromatic heterocycles. The third-order valence-corrected chi connectivity index (χ3v) is 6.03. The van der Waals surface area contributed by atoms with Gasteiger partial charge < -0.3 is 24.5 Å². The molecule has 174 valence electrons. The van der Waals surface area contributed by atoms with Gasteiger partial charge in [0.05, 0.1) is 16.8 Å². The van der Waals surface area contributed by atoms with Crippen molar-refractivity contribution < 1.29 is 28.7 Å². The van der Waals surface area contributed by atoms with Crippen molar-refractivity contribution in [1.82, 2.24) is 5.32 Å². The van der Waals surface area contributed by atoms with Crippen LogP contribution in [0.5, 0.6) is 0 Å². The maximum Gasteiger partial charge on any atom is 0.492 e. The monoisotopic (exact) mass is 471 g/mol. The Morgan fingerprint density at radius 1 is 1.09 bits per heavy atom. The molecule has 2 aromatic rings. The summed E-state index contributed by atoms with van der Waals surface area (Å²) in [6.07, 6.45) is 1.02. The summed E-state index contributed by atoms with van der Waals surface area (Å²) in [4.78, 5) is 24.0. The van der Waals surface area contributed by atoms with Gasteiger partial charge in [0, 0.05) is 11.6 Å². The molecule has 1 aliphatic heterocycles. The molecule has 33 heavy (non-hydrogen) atoms. The molecular weight excluding hydrogens is 445 g/mol. The molecule has 0 bridgehead atoms. The summed E-state index contributed by atoms with van der Waals surface area (Å²) in [5, 5.41) is 12.6. The molecule has 1 heterocycles. The Hall–Kier alpha value is -2.81. The zero-order valence-electron chi connectivity index (χ0n) is 19.1. The van der Waals surface area contributed by atoms with Gasteiger partial charge in [0.25, 0.3) is 0 Å².